The Morgan fingerprint density at radius 2 is 1.95 bits per heavy atom. The highest BCUT2D eigenvalue weighted by Gasteiger charge is 2.01. The summed E-state index contributed by atoms with van der Waals surface area (Å²) in [5, 5.41) is 3.46. The fourth-order valence-corrected chi connectivity index (χ4v) is 2.03. The number of anilines is 1. The molecule has 1 aromatic rings. The lowest BCUT2D eigenvalue weighted by Gasteiger charge is -2.10. The number of aryl methyl sites for hydroxylation is 1. The smallest absolute Gasteiger partial charge is 0.305 e. The first-order valence-corrected chi connectivity index (χ1v) is 7.25. The van der Waals surface area contributed by atoms with Gasteiger partial charge in [-0.15, -0.1) is 0 Å². The van der Waals surface area contributed by atoms with E-state index in [-0.39, 0.29) is 5.97 Å². The third-order valence-corrected chi connectivity index (χ3v) is 3.08. The van der Waals surface area contributed by atoms with Gasteiger partial charge in [-0.2, -0.15) is 0 Å². The maximum Gasteiger partial charge on any atom is 0.305 e. The predicted molar refractivity (Wildman–Crippen MR) is 79.4 cm³/mol. The zero-order chi connectivity index (χ0) is 13.9. The Labute approximate surface area is 116 Å². The summed E-state index contributed by atoms with van der Waals surface area (Å²) >= 11 is 0. The number of nitrogens with one attached hydrogen (secondary N) is 1. The summed E-state index contributed by atoms with van der Waals surface area (Å²) in [6.45, 7) is 5.45. The molecule has 0 atom stereocenters. The van der Waals surface area contributed by atoms with Crippen molar-refractivity contribution < 1.29 is 9.53 Å². The fraction of sp³-hybridized carbons (Fsp3) is 0.562. The zero-order valence-electron chi connectivity index (χ0n) is 12.1. The number of ether oxygens (including phenoxy) is 1. The number of hydrogen-bond acceptors (Lipinski definition) is 3. The summed E-state index contributed by atoms with van der Waals surface area (Å²) in [4.78, 5) is 11.1. The van der Waals surface area contributed by atoms with Gasteiger partial charge in [0.2, 0.25) is 0 Å². The summed E-state index contributed by atoms with van der Waals surface area (Å²) in [7, 11) is 0. The fourth-order valence-electron chi connectivity index (χ4n) is 2.03. The Kier molecular flexibility index (Phi) is 7.71. The van der Waals surface area contributed by atoms with Gasteiger partial charge >= 0.3 is 5.97 Å². The molecule has 3 heteroatoms. The summed E-state index contributed by atoms with van der Waals surface area (Å²) in [5.41, 5.74) is 2.59. The molecule has 0 unspecified atom stereocenters. The average molecular weight is 263 g/mol. The van der Waals surface area contributed by atoms with Gasteiger partial charge in [0.05, 0.1) is 6.61 Å². The third-order valence-electron chi connectivity index (χ3n) is 3.08. The lowest BCUT2D eigenvalue weighted by molar-refractivity contribution is -0.143. The van der Waals surface area contributed by atoms with E-state index < -0.39 is 0 Å². The van der Waals surface area contributed by atoms with E-state index in [4.69, 9.17) is 4.74 Å². The number of carbonyl (C=O) groups is 1. The average Bonchev–Trinajstić information content (AvgIpc) is 2.43. The highest BCUT2D eigenvalue weighted by Crippen LogP contribution is 2.15. The van der Waals surface area contributed by atoms with E-state index in [0.717, 1.165) is 32.2 Å². The van der Waals surface area contributed by atoms with Gasteiger partial charge in [0.1, 0.15) is 0 Å². The maximum atomic E-state index is 11.1. The van der Waals surface area contributed by atoms with E-state index in [9.17, 15) is 4.79 Å². The zero-order valence-corrected chi connectivity index (χ0v) is 12.1. The van der Waals surface area contributed by atoms with E-state index >= 15 is 0 Å². The molecule has 0 aliphatic heterocycles. The topological polar surface area (TPSA) is 38.3 Å². The van der Waals surface area contributed by atoms with Gasteiger partial charge in [0.25, 0.3) is 0 Å². The minimum absolute atomic E-state index is 0.0770. The molecule has 1 aromatic carbocycles. The normalized spacial score (nSPS) is 10.2. The molecule has 106 valence electrons. The minimum atomic E-state index is -0.0770. The Morgan fingerprint density at radius 1 is 1.16 bits per heavy atom. The van der Waals surface area contributed by atoms with Crippen LogP contribution in [-0.2, 0) is 16.0 Å². The molecule has 0 aliphatic rings. The van der Waals surface area contributed by atoms with Crippen LogP contribution in [0.15, 0.2) is 24.3 Å². The molecule has 0 spiro atoms. The van der Waals surface area contributed by atoms with E-state index in [2.05, 4.69) is 36.5 Å². The number of hydrogen-bond donors (Lipinski definition) is 1. The molecule has 0 saturated carbocycles. The van der Waals surface area contributed by atoms with Crippen LogP contribution in [0.3, 0.4) is 0 Å². The number of unbranched alkanes of at least 4 members (excludes halogenated alkanes) is 2. The standard InChI is InChI=1S/C16H25NO2/c1-3-14-10-7-8-11-15(14)17-13-9-5-6-12-16(18)19-4-2/h7-8,10-11,17H,3-6,9,12-13H2,1-2H3. The van der Waals surface area contributed by atoms with Crippen molar-refractivity contribution in [3.05, 3.63) is 29.8 Å². The van der Waals surface area contributed by atoms with Gasteiger partial charge < -0.3 is 10.1 Å². The molecule has 0 aliphatic carbocycles. The molecule has 0 radical (unpaired) electrons. The molecule has 19 heavy (non-hydrogen) atoms. The minimum Gasteiger partial charge on any atom is -0.466 e. The van der Waals surface area contributed by atoms with E-state index in [1.54, 1.807) is 0 Å². The summed E-state index contributed by atoms with van der Waals surface area (Å²) in [5.74, 6) is -0.0770. The maximum absolute atomic E-state index is 11.1. The number of rotatable bonds is 9. The van der Waals surface area contributed by atoms with Crippen molar-refractivity contribution in [1.82, 2.24) is 0 Å². The highest BCUT2D eigenvalue weighted by molar-refractivity contribution is 5.69. The van der Waals surface area contributed by atoms with Crippen molar-refractivity contribution in [1.29, 1.82) is 0 Å². The lowest BCUT2D eigenvalue weighted by atomic mass is 10.1. The van der Waals surface area contributed by atoms with Crippen LogP contribution in [0.5, 0.6) is 0 Å². The van der Waals surface area contributed by atoms with Crippen molar-refractivity contribution >= 4 is 11.7 Å². The van der Waals surface area contributed by atoms with Crippen LogP contribution in [-0.4, -0.2) is 19.1 Å². The number of esters is 1. The second-order valence-electron chi connectivity index (χ2n) is 4.55. The molecule has 0 heterocycles. The molecular weight excluding hydrogens is 238 g/mol. The highest BCUT2D eigenvalue weighted by atomic mass is 16.5. The Hall–Kier alpha value is -1.51. The summed E-state index contributed by atoms with van der Waals surface area (Å²) < 4.78 is 4.89. The SMILES string of the molecule is CCOC(=O)CCCCCNc1ccccc1CC. The van der Waals surface area contributed by atoms with Crippen LogP contribution in [0, 0.1) is 0 Å². The van der Waals surface area contributed by atoms with Crippen molar-refractivity contribution in [2.24, 2.45) is 0 Å². The number of para-hydroxylation sites is 1. The number of carbonyl (C=O) groups excluding carboxylic acids is 1. The Bertz CT molecular complexity index is 377. The molecule has 3 nitrogen and oxygen atoms in total. The van der Waals surface area contributed by atoms with Crippen LogP contribution in [0.1, 0.15) is 45.1 Å². The summed E-state index contributed by atoms with van der Waals surface area (Å²) in [6, 6.07) is 8.41. The largest absolute Gasteiger partial charge is 0.466 e. The number of benzene rings is 1. The van der Waals surface area contributed by atoms with Crippen LogP contribution in [0.4, 0.5) is 5.69 Å². The molecule has 0 amide bonds. The van der Waals surface area contributed by atoms with E-state index in [0.29, 0.717) is 13.0 Å². The predicted octanol–water partition coefficient (Wildman–Crippen LogP) is 3.78. The second kappa shape index (κ2) is 9.42. The van der Waals surface area contributed by atoms with Gasteiger partial charge in [0.15, 0.2) is 0 Å². The van der Waals surface area contributed by atoms with Gasteiger partial charge in [-0.05, 0) is 37.8 Å². The first-order valence-electron chi connectivity index (χ1n) is 7.25. The molecule has 1 N–H and O–H groups in total. The van der Waals surface area contributed by atoms with Crippen LogP contribution >= 0.6 is 0 Å². The Morgan fingerprint density at radius 3 is 2.68 bits per heavy atom. The van der Waals surface area contributed by atoms with Gasteiger partial charge in [-0.3, -0.25) is 4.79 Å². The van der Waals surface area contributed by atoms with Gasteiger partial charge in [0, 0.05) is 18.7 Å². The molecule has 0 bridgehead atoms. The molecule has 0 aromatic heterocycles. The van der Waals surface area contributed by atoms with Crippen molar-refractivity contribution in [2.75, 3.05) is 18.5 Å². The van der Waals surface area contributed by atoms with Crippen LogP contribution in [0.25, 0.3) is 0 Å². The quantitative estimate of drug-likeness (QED) is 0.544. The Balaban J connectivity index is 2.12. The first kappa shape index (κ1) is 15.5. The second-order valence-corrected chi connectivity index (χ2v) is 4.55. The molecule has 0 saturated heterocycles. The third kappa shape index (κ3) is 6.27. The lowest BCUT2D eigenvalue weighted by Crippen LogP contribution is -2.05. The molecule has 1 rings (SSSR count). The summed E-state index contributed by atoms with van der Waals surface area (Å²) in [6.07, 6.45) is 4.64. The van der Waals surface area contributed by atoms with E-state index in [1.807, 2.05) is 6.92 Å². The van der Waals surface area contributed by atoms with Crippen molar-refractivity contribution in [3.63, 3.8) is 0 Å². The van der Waals surface area contributed by atoms with Crippen molar-refractivity contribution in [3.8, 4) is 0 Å². The van der Waals surface area contributed by atoms with Crippen LogP contribution in [0.2, 0.25) is 0 Å². The van der Waals surface area contributed by atoms with Crippen molar-refractivity contribution in [2.45, 2.75) is 46.0 Å². The monoisotopic (exact) mass is 263 g/mol. The van der Waals surface area contributed by atoms with Crippen LogP contribution < -0.4 is 5.32 Å². The molecule has 0 fully saturated rings. The molecular formula is C16H25NO2. The van der Waals surface area contributed by atoms with Gasteiger partial charge in [-0.1, -0.05) is 31.5 Å². The van der Waals surface area contributed by atoms with Gasteiger partial charge in [-0.25, -0.2) is 0 Å². The first-order chi connectivity index (χ1) is 9.27. The van der Waals surface area contributed by atoms with E-state index in [1.165, 1.54) is 11.3 Å².